The van der Waals surface area contributed by atoms with E-state index in [0.717, 1.165) is 42.9 Å². The highest BCUT2D eigenvalue weighted by molar-refractivity contribution is 7.15. The summed E-state index contributed by atoms with van der Waals surface area (Å²) in [5, 5.41) is 6.54. The molecule has 1 atom stereocenters. The molecule has 2 heterocycles. The lowest BCUT2D eigenvalue weighted by atomic mass is 9.97. The fourth-order valence-corrected chi connectivity index (χ4v) is 3.64. The minimum atomic E-state index is -1.02. The smallest absolute Gasteiger partial charge is 0.266 e. The van der Waals surface area contributed by atoms with Gasteiger partial charge in [-0.3, -0.25) is 10.1 Å². The van der Waals surface area contributed by atoms with Crippen LogP contribution in [-0.4, -0.2) is 30.1 Å². The Morgan fingerprint density at radius 2 is 2.12 bits per heavy atom. The summed E-state index contributed by atoms with van der Waals surface area (Å²) in [6.45, 7) is 3.52. The van der Waals surface area contributed by atoms with E-state index in [4.69, 9.17) is 4.74 Å². The van der Waals surface area contributed by atoms with Gasteiger partial charge in [-0.2, -0.15) is 0 Å². The zero-order valence-electron chi connectivity index (χ0n) is 13.7. The standard InChI is InChI=1S/C17H19F2N3O2S/c1-10(24-12-2-3-13(18)14(19)8-12)16(23)22-17-21-9-15(25-17)11-4-6-20-7-5-11/h2-3,8-11,20H,4-7H2,1H3,(H,21,22,23). The van der Waals surface area contributed by atoms with E-state index in [2.05, 4.69) is 15.6 Å². The number of halogens is 2. The maximum Gasteiger partial charge on any atom is 0.266 e. The number of thiazole rings is 1. The summed E-state index contributed by atoms with van der Waals surface area (Å²) in [6, 6.07) is 3.15. The molecule has 134 valence electrons. The quantitative estimate of drug-likeness (QED) is 0.851. The van der Waals surface area contributed by atoms with Gasteiger partial charge in [-0.15, -0.1) is 11.3 Å². The molecule has 25 heavy (non-hydrogen) atoms. The highest BCUT2D eigenvalue weighted by Gasteiger charge is 2.20. The van der Waals surface area contributed by atoms with E-state index >= 15 is 0 Å². The number of carbonyl (C=O) groups excluding carboxylic acids is 1. The van der Waals surface area contributed by atoms with Gasteiger partial charge in [0.1, 0.15) is 5.75 Å². The molecule has 0 saturated carbocycles. The van der Waals surface area contributed by atoms with Crippen LogP contribution in [0.25, 0.3) is 0 Å². The number of ether oxygens (including phenoxy) is 1. The number of carbonyl (C=O) groups is 1. The molecule has 0 spiro atoms. The fourth-order valence-electron chi connectivity index (χ4n) is 2.65. The number of piperidine rings is 1. The molecular weight excluding hydrogens is 348 g/mol. The number of nitrogens with one attached hydrogen (secondary N) is 2. The maximum atomic E-state index is 13.2. The van der Waals surface area contributed by atoms with E-state index in [-0.39, 0.29) is 5.75 Å². The molecule has 1 aromatic carbocycles. The predicted molar refractivity (Wildman–Crippen MR) is 92.0 cm³/mol. The number of rotatable bonds is 5. The third kappa shape index (κ3) is 4.52. The third-order valence-electron chi connectivity index (χ3n) is 4.07. The molecule has 0 aliphatic carbocycles. The minimum absolute atomic E-state index is 0.0936. The molecule has 1 aromatic heterocycles. The summed E-state index contributed by atoms with van der Waals surface area (Å²) < 4.78 is 31.5. The normalized spacial score (nSPS) is 16.4. The molecule has 8 heteroatoms. The zero-order chi connectivity index (χ0) is 17.8. The van der Waals surface area contributed by atoms with Crippen molar-refractivity contribution in [1.82, 2.24) is 10.3 Å². The van der Waals surface area contributed by atoms with Crippen LogP contribution in [0.5, 0.6) is 5.75 Å². The Bertz CT molecular complexity index is 747. The average molecular weight is 367 g/mol. The Hall–Kier alpha value is -2.06. The predicted octanol–water partition coefficient (Wildman–Crippen LogP) is 3.29. The topological polar surface area (TPSA) is 63.2 Å². The van der Waals surface area contributed by atoms with Gasteiger partial charge in [-0.25, -0.2) is 13.8 Å². The summed E-state index contributed by atoms with van der Waals surface area (Å²) in [7, 11) is 0. The van der Waals surface area contributed by atoms with Gasteiger partial charge >= 0.3 is 0 Å². The van der Waals surface area contributed by atoms with Crippen LogP contribution in [0.3, 0.4) is 0 Å². The van der Waals surface area contributed by atoms with E-state index in [0.29, 0.717) is 11.0 Å². The number of anilines is 1. The number of aromatic nitrogens is 1. The maximum absolute atomic E-state index is 13.2. The lowest BCUT2D eigenvalue weighted by Crippen LogP contribution is -2.30. The van der Waals surface area contributed by atoms with Crippen molar-refractivity contribution in [3.8, 4) is 5.75 Å². The van der Waals surface area contributed by atoms with Gasteiger partial charge in [0, 0.05) is 17.1 Å². The first-order valence-corrected chi connectivity index (χ1v) is 8.93. The van der Waals surface area contributed by atoms with Gasteiger partial charge in [0.2, 0.25) is 0 Å². The molecular formula is C17H19F2N3O2S. The molecule has 1 saturated heterocycles. The largest absolute Gasteiger partial charge is 0.481 e. The Kier molecular flexibility index (Phi) is 5.60. The van der Waals surface area contributed by atoms with Crippen LogP contribution in [0.1, 0.15) is 30.6 Å². The molecule has 1 aliphatic heterocycles. The summed E-state index contributed by atoms with van der Waals surface area (Å²) in [5.41, 5.74) is 0. The second-order valence-electron chi connectivity index (χ2n) is 5.92. The summed E-state index contributed by atoms with van der Waals surface area (Å²) in [6.07, 6.45) is 3.06. The molecule has 5 nitrogen and oxygen atoms in total. The monoisotopic (exact) mass is 367 g/mol. The van der Waals surface area contributed by atoms with Crippen molar-refractivity contribution >= 4 is 22.4 Å². The van der Waals surface area contributed by atoms with E-state index in [1.165, 1.54) is 24.3 Å². The SMILES string of the molecule is CC(Oc1ccc(F)c(F)c1)C(=O)Nc1ncc(C2CCNCC2)s1. The van der Waals surface area contributed by atoms with Crippen molar-refractivity contribution in [3.63, 3.8) is 0 Å². The molecule has 3 rings (SSSR count). The minimum Gasteiger partial charge on any atom is -0.481 e. The van der Waals surface area contributed by atoms with Gasteiger partial charge < -0.3 is 10.1 Å². The van der Waals surface area contributed by atoms with Crippen molar-refractivity contribution in [3.05, 3.63) is 40.9 Å². The van der Waals surface area contributed by atoms with Gasteiger partial charge in [0.15, 0.2) is 22.9 Å². The highest BCUT2D eigenvalue weighted by atomic mass is 32.1. The van der Waals surface area contributed by atoms with Crippen LogP contribution in [0.2, 0.25) is 0 Å². The number of nitrogens with zero attached hydrogens (tertiary/aromatic N) is 1. The first-order valence-electron chi connectivity index (χ1n) is 8.12. The van der Waals surface area contributed by atoms with Crippen LogP contribution < -0.4 is 15.4 Å². The Morgan fingerprint density at radius 1 is 1.36 bits per heavy atom. The van der Waals surface area contributed by atoms with Gasteiger partial charge in [0.25, 0.3) is 5.91 Å². The van der Waals surface area contributed by atoms with E-state index in [9.17, 15) is 13.6 Å². The van der Waals surface area contributed by atoms with Crippen LogP contribution in [0.4, 0.5) is 13.9 Å². The number of hydrogen-bond acceptors (Lipinski definition) is 5. The van der Waals surface area contributed by atoms with Crippen molar-refractivity contribution in [2.75, 3.05) is 18.4 Å². The first kappa shape index (κ1) is 17.8. The molecule has 1 amide bonds. The Labute approximate surface area is 148 Å². The summed E-state index contributed by atoms with van der Waals surface area (Å²) >= 11 is 1.46. The second kappa shape index (κ2) is 7.88. The van der Waals surface area contributed by atoms with E-state index < -0.39 is 23.6 Å². The molecule has 0 radical (unpaired) electrons. The average Bonchev–Trinajstić information content (AvgIpc) is 3.07. The van der Waals surface area contributed by atoms with Crippen molar-refractivity contribution < 1.29 is 18.3 Å². The number of amides is 1. The number of hydrogen-bond donors (Lipinski definition) is 2. The summed E-state index contributed by atoms with van der Waals surface area (Å²) in [5.74, 6) is -1.80. The second-order valence-corrected chi connectivity index (χ2v) is 6.98. The van der Waals surface area contributed by atoms with E-state index in [1.807, 2.05) is 0 Å². The van der Waals surface area contributed by atoms with Crippen LogP contribution in [-0.2, 0) is 4.79 Å². The van der Waals surface area contributed by atoms with Crippen LogP contribution >= 0.6 is 11.3 Å². The molecule has 1 fully saturated rings. The fraction of sp³-hybridized carbons (Fsp3) is 0.412. The first-order chi connectivity index (χ1) is 12.0. The van der Waals surface area contributed by atoms with Crippen molar-refractivity contribution in [2.45, 2.75) is 31.8 Å². The summed E-state index contributed by atoms with van der Waals surface area (Å²) in [4.78, 5) is 17.6. The highest BCUT2D eigenvalue weighted by Crippen LogP contribution is 2.31. The Balaban J connectivity index is 1.57. The van der Waals surface area contributed by atoms with Gasteiger partial charge in [-0.1, -0.05) is 0 Å². The van der Waals surface area contributed by atoms with Gasteiger partial charge in [0.05, 0.1) is 0 Å². The van der Waals surface area contributed by atoms with Crippen molar-refractivity contribution in [1.29, 1.82) is 0 Å². The molecule has 2 N–H and O–H groups in total. The van der Waals surface area contributed by atoms with Crippen molar-refractivity contribution in [2.24, 2.45) is 0 Å². The molecule has 0 bridgehead atoms. The molecule has 1 unspecified atom stereocenters. The molecule has 1 aliphatic rings. The molecule has 2 aromatic rings. The lowest BCUT2D eigenvalue weighted by Gasteiger charge is -2.20. The van der Waals surface area contributed by atoms with Crippen LogP contribution in [0.15, 0.2) is 24.4 Å². The van der Waals surface area contributed by atoms with Crippen LogP contribution in [0, 0.1) is 11.6 Å². The third-order valence-corrected chi connectivity index (χ3v) is 5.14. The number of benzene rings is 1. The Morgan fingerprint density at radius 3 is 2.84 bits per heavy atom. The van der Waals surface area contributed by atoms with E-state index in [1.54, 1.807) is 6.20 Å². The lowest BCUT2D eigenvalue weighted by molar-refractivity contribution is -0.122. The zero-order valence-corrected chi connectivity index (χ0v) is 14.5. The van der Waals surface area contributed by atoms with Gasteiger partial charge in [-0.05, 0) is 50.9 Å².